The summed E-state index contributed by atoms with van der Waals surface area (Å²) in [6.07, 6.45) is 1.70. The van der Waals surface area contributed by atoms with Crippen molar-refractivity contribution in [3.63, 3.8) is 0 Å². The monoisotopic (exact) mass is 389 g/mol. The van der Waals surface area contributed by atoms with Crippen LogP contribution in [0.4, 0.5) is 0 Å². The Balaban J connectivity index is 1.82. The van der Waals surface area contributed by atoms with Crippen LogP contribution in [-0.2, 0) is 0 Å². The lowest BCUT2D eigenvalue weighted by Crippen LogP contribution is -2.11. The number of benzene rings is 3. The second kappa shape index (κ2) is 7.70. The van der Waals surface area contributed by atoms with E-state index >= 15 is 0 Å². The summed E-state index contributed by atoms with van der Waals surface area (Å²) in [6.45, 7) is 0. The average molecular weight is 389 g/mol. The molecule has 0 aliphatic carbocycles. The van der Waals surface area contributed by atoms with Crippen LogP contribution in [0.15, 0.2) is 76.1 Å². The number of aromatic nitrogens is 1. The van der Waals surface area contributed by atoms with Crippen molar-refractivity contribution in [1.82, 2.24) is 4.68 Å². The van der Waals surface area contributed by atoms with Gasteiger partial charge >= 0.3 is 0 Å². The fourth-order valence-corrected chi connectivity index (χ4v) is 3.90. The predicted molar refractivity (Wildman–Crippen MR) is 114 cm³/mol. The molecule has 1 N–H and O–H groups in total. The summed E-state index contributed by atoms with van der Waals surface area (Å²) in [5.41, 5.74) is 2.83. The molecule has 0 bridgehead atoms. The summed E-state index contributed by atoms with van der Waals surface area (Å²) in [4.78, 5) is 5.14. The van der Waals surface area contributed by atoms with Crippen LogP contribution in [0.5, 0.6) is 11.5 Å². The number of aromatic hydroxyl groups is 1. The average Bonchev–Trinajstić information content (AvgIpc) is 3.14. The van der Waals surface area contributed by atoms with Gasteiger partial charge in [-0.15, -0.1) is 11.3 Å². The van der Waals surface area contributed by atoms with Crippen LogP contribution >= 0.6 is 11.3 Å². The Kier molecular flexibility index (Phi) is 4.95. The van der Waals surface area contributed by atoms with Gasteiger partial charge in [-0.3, -0.25) is 4.99 Å². The molecule has 0 radical (unpaired) electrons. The molecule has 0 saturated heterocycles. The van der Waals surface area contributed by atoms with E-state index in [1.807, 2.05) is 28.9 Å². The van der Waals surface area contributed by atoms with E-state index in [0.717, 1.165) is 27.0 Å². The van der Waals surface area contributed by atoms with E-state index in [4.69, 9.17) is 4.74 Å². The van der Waals surface area contributed by atoms with Gasteiger partial charge in [0.15, 0.2) is 11.5 Å². The van der Waals surface area contributed by atoms with E-state index in [9.17, 15) is 5.11 Å². The Morgan fingerprint density at radius 3 is 2.68 bits per heavy atom. The molecule has 5 nitrogen and oxygen atoms in total. The van der Waals surface area contributed by atoms with Crippen LogP contribution < -0.4 is 9.54 Å². The van der Waals surface area contributed by atoms with Gasteiger partial charge in [0.25, 0.3) is 0 Å². The van der Waals surface area contributed by atoms with Gasteiger partial charge < -0.3 is 9.84 Å². The topological polar surface area (TPSA) is 59.1 Å². The molecule has 140 valence electrons. The molecule has 0 aliphatic rings. The third kappa shape index (κ3) is 3.30. The van der Waals surface area contributed by atoms with Crippen molar-refractivity contribution in [2.75, 3.05) is 14.2 Å². The molecule has 0 atom stereocenters. The van der Waals surface area contributed by atoms with Crippen molar-refractivity contribution in [3.8, 4) is 22.8 Å². The van der Waals surface area contributed by atoms with Crippen molar-refractivity contribution >= 4 is 28.3 Å². The van der Waals surface area contributed by atoms with Gasteiger partial charge in [-0.2, -0.15) is 5.10 Å². The Morgan fingerprint density at radius 1 is 1.07 bits per heavy atom. The van der Waals surface area contributed by atoms with Crippen molar-refractivity contribution < 1.29 is 9.84 Å². The first-order valence-corrected chi connectivity index (χ1v) is 9.62. The minimum Gasteiger partial charge on any atom is -0.504 e. The highest BCUT2D eigenvalue weighted by molar-refractivity contribution is 7.07. The number of hydrogen-bond donors (Lipinski definition) is 1. The van der Waals surface area contributed by atoms with E-state index in [1.165, 1.54) is 23.8 Å². The minimum absolute atomic E-state index is 0.0800. The van der Waals surface area contributed by atoms with Gasteiger partial charge in [-0.05, 0) is 34.5 Å². The smallest absolute Gasteiger partial charge is 0.205 e. The van der Waals surface area contributed by atoms with Gasteiger partial charge in [-0.1, -0.05) is 42.5 Å². The number of rotatable bonds is 4. The van der Waals surface area contributed by atoms with Gasteiger partial charge in [-0.25, -0.2) is 4.68 Å². The second-order valence-electron chi connectivity index (χ2n) is 6.14. The molecule has 4 rings (SSSR count). The second-order valence-corrected chi connectivity index (χ2v) is 6.98. The van der Waals surface area contributed by atoms with Crippen LogP contribution in [0.3, 0.4) is 0 Å². The van der Waals surface area contributed by atoms with E-state index in [2.05, 4.69) is 39.7 Å². The lowest BCUT2D eigenvalue weighted by Gasteiger charge is -2.08. The molecule has 0 aliphatic heterocycles. The lowest BCUT2D eigenvalue weighted by molar-refractivity contribution is 0.373. The first-order chi connectivity index (χ1) is 13.7. The van der Waals surface area contributed by atoms with E-state index in [-0.39, 0.29) is 5.75 Å². The van der Waals surface area contributed by atoms with Crippen molar-refractivity contribution in [3.05, 3.63) is 76.4 Å². The van der Waals surface area contributed by atoms with Crippen LogP contribution in [-0.4, -0.2) is 30.2 Å². The Labute approximate surface area is 166 Å². The Morgan fingerprint density at radius 2 is 1.89 bits per heavy atom. The highest BCUT2D eigenvalue weighted by Gasteiger charge is 2.10. The number of fused-ring (bicyclic) bond motifs is 1. The molecule has 1 heterocycles. The predicted octanol–water partition coefficient (Wildman–Crippen LogP) is 4.50. The maximum atomic E-state index is 9.99. The quantitative estimate of drug-likeness (QED) is 0.523. The van der Waals surface area contributed by atoms with Gasteiger partial charge in [0, 0.05) is 18.0 Å². The maximum Gasteiger partial charge on any atom is 0.205 e. The Hall–Kier alpha value is -3.38. The SMILES string of the molecule is CN=c1scc(-c2cccc3ccccc23)n1N=Cc1ccc(OC)c(O)c1. The zero-order valence-electron chi connectivity index (χ0n) is 15.5. The summed E-state index contributed by atoms with van der Waals surface area (Å²) in [5.74, 6) is 0.512. The van der Waals surface area contributed by atoms with Gasteiger partial charge in [0.2, 0.25) is 4.80 Å². The molecule has 6 heteroatoms. The number of phenols is 1. The third-order valence-electron chi connectivity index (χ3n) is 4.47. The molecule has 3 aromatic carbocycles. The largest absolute Gasteiger partial charge is 0.504 e. The summed E-state index contributed by atoms with van der Waals surface area (Å²) in [5, 5.41) is 19.0. The molecule has 28 heavy (non-hydrogen) atoms. The maximum absolute atomic E-state index is 9.99. The molecule has 0 amide bonds. The zero-order chi connectivity index (χ0) is 19.5. The highest BCUT2D eigenvalue weighted by Crippen LogP contribution is 2.29. The molecular formula is C22H19N3O2S. The number of phenolic OH excluding ortho intramolecular Hbond substituents is 1. The van der Waals surface area contributed by atoms with E-state index < -0.39 is 0 Å². The summed E-state index contributed by atoms with van der Waals surface area (Å²) in [7, 11) is 3.28. The van der Waals surface area contributed by atoms with E-state index in [0.29, 0.717) is 5.75 Å². The van der Waals surface area contributed by atoms with Crippen molar-refractivity contribution in [2.45, 2.75) is 0 Å². The van der Waals surface area contributed by atoms with Crippen LogP contribution in [0, 0.1) is 0 Å². The number of nitrogens with zero attached hydrogens (tertiary/aromatic N) is 3. The molecule has 0 fully saturated rings. The van der Waals surface area contributed by atoms with Gasteiger partial charge in [0.05, 0.1) is 19.0 Å². The van der Waals surface area contributed by atoms with Crippen molar-refractivity contribution in [2.24, 2.45) is 10.1 Å². The molecule has 4 aromatic rings. The van der Waals surface area contributed by atoms with Gasteiger partial charge in [0.1, 0.15) is 0 Å². The minimum atomic E-state index is 0.0800. The lowest BCUT2D eigenvalue weighted by atomic mass is 10.0. The first kappa shape index (κ1) is 18.0. The highest BCUT2D eigenvalue weighted by atomic mass is 32.1. The molecule has 0 unspecified atom stereocenters. The summed E-state index contributed by atoms with van der Waals surface area (Å²) in [6, 6.07) is 19.7. The number of thiazole rings is 1. The zero-order valence-corrected chi connectivity index (χ0v) is 16.4. The number of methoxy groups -OCH3 is 1. The number of hydrogen-bond acceptors (Lipinski definition) is 5. The normalized spacial score (nSPS) is 12.1. The summed E-state index contributed by atoms with van der Waals surface area (Å²) >= 11 is 1.54. The standard InChI is InChI=1S/C22H19N3O2S/c1-23-22-25(24-13-15-10-11-21(27-2)20(26)12-15)19(14-28-22)18-9-5-7-16-6-3-4-8-17(16)18/h3-14,26H,1-2H3. The van der Waals surface area contributed by atoms with E-state index in [1.54, 1.807) is 25.4 Å². The molecule has 1 aromatic heterocycles. The molecular weight excluding hydrogens is 370 g/mol. The fourth-order valence-electron chi connectivity index (χ4n) is 3.11. The van der Waals surface area contributed by atoms with Crippen LogP contribution in [0.2, 0.25) is 0 Å². The van der Waals surface area contributed by atoms with Crippen LogP contribution in [0.1, 0.15) is 5.56 Å². The summed E-state index contributed by atoms with van der Waals surface area (Å²) < 4.78 is 6.92. The molecule has 0 spiro atoms. The number of ether oxygens (including phenoxy) is 1. The van der Waals surface area contributed by atoms with Crippen LogP contribution in [0.25, 0.3) is 22.0 Å². The first-order valence-electron chi connectivity index (χ1n) is 8.74. The molecule has 0 saturated carbocycles. The Bertz CT molecular complexity index is 1230. The fraction of sp³-hybridized carbons (Fsp3) is 0.0909. The third-order valence-corrected chi connectivity index (χ3v) is 5.37. The van der Waals surface area contributed by atoms with Crippen molar-refractivity contribution in [1.29, 1.82) is 0 Å².